The van der Waals surface area contributed by atoms with Gasteiger partial charge in [0.25, 0.3) is 0 Å². The minimum absolute atomic E-state index is 0.0789. The Hall–Kier alpha value is -3.42. The minimum atomic E-state index is -0.830. The molecule has 7 heteroatoms. The molecule has 1 heterocycles. The molecule has 45 heavy (non-hydrogen) atoms. The van der Waals surface area contributed by atoms with Gasteiger partial charge in [0, 0.05) is 40.7 Å². The molecular formula is C38H51F3N2O2. The Kier molecular flexibility index (Phi) is 17.3. The highest BCUT2D eigenvalue weighted by molar-refractivity contribution is 5.97. The average Bonchev–Trinajstić information content (AvgIpc) is 3.36. The first-order chi connectivity index (χ1) is 21.6. The molecule has 0 amide bonds. The van der Waals surface area contributed by atoms with Crippen LogP contribution in [0.4, 0.5) is 13.2 Å². The van der Waals surface area contributed by atoms with Crippen LogP contribution < -0.4 is 5.32 Å². The Balaban J connectivity index is 0.000000238. The number of Topliss-reactive ketones (excluding diaryl/α,β-unsaturated/α-hetero) is 1. The summed E-state index contributed by atoms with van der Waals surface area (Å²) in [5, 5.41) is 4.26. The molecule has 0 aliphatic heterocycles. The zero-order chi connectivity index (χ0) is 33.2. The van der Waals surface area contributed by atoms with E-state index in [0.29, 0.717) is 19.6 Å². The summed E-state index contributed by atoms with van der Waals surface area (Å²) >= 11 is 0. The lowest BCUT2D eigenvalue weighted by molar-refractivity contribution is 0.0683. The number of nitrogens with one attached hydrogen (secondary N) is 2. The molecule has 2 unspecified atom stereocenters. The van der Waals surface area contributed by atoms with Crippen LogP contribution in [-0.2, 0) is 24.2 Å². The number of aromatic amines is 1. The first-order valence-corrected chi connectivity index (χ1v) is 16.1. The molecule has 4 rings (SSSR count). The van der Waals surface area contributed by atoms with E-state index in [4.69, 9.17) is 4.74 Å². The molecule has 246 valence electrons. The number of benzene rings is 3. The maximum absolute atomic E-state index is 12.8. The third-order valence-corrected chi connectivity index (χ3v) is 7.25. The zero-order valence-corrected chi connectivity index (χ0v) is 27.8. The molecule has 2 N–H and O–H groups in total. The van der Waals surface area contributed by atoms with Gasteiger partial charge in [0.05, 0.1) is 13.2 Å². The summed E-state index contributed by atoms with van der Waals surface area (Å²) < 4.78 is 43.6. The highest BCUT2D eigenvalue weighted by Crippen LogP contribution is 2.26. The molecule has 2 atom stereocenters. The number of hydrogen-bond donors (Lipinski definition) is 2. The second kappa shape index (κ2) is 20.6. The second-order valence-corrected chi connectivity index (χ2v) is 11.8. The van der Waals surface area contributed by atoms with Crippen LogP contribution in [0.25, 0.3) is 10.9 Å². The standard InChI is InChI=1S/C16H23N.C11H13F2NO.C11H15FO/c1-4-5-9-16-14(11-12(2)3)13-8-6-7-10-15(13)17-16;1-7(6-14-2)11(15)8-3-9(12)5-10(13)4-8;1-2-11(12)9-13-8-10-6-4-3-5-7-10/h6-8,10,12,17H,4-5,9,11H2,1-3H3;3-5,7,14H,6H2,1-2H3;3-7,11H,2,8-9H2,1H3. The van der Waals surface area contributed by atoms with Crippen molar-refractivity contribution in [1.82, 2.24) is 10.3 Å². The van der Waals surface area contributed by atoms with Crippen molar-refractivity contribution in [3.8, 4) is 0 Å². The van der Waals surface area contributed by atoms with Crippen LogP contribution in [0, 0.1) is 23.5 Å². The Morgan fingerprint density at radius 2 is 1.58 bits per heavy atom. The van der Waals surface area contributed by atoms with Gasteiger partial charge in [-0.3, -0.25) is 4.79 Å². The van der Waals surface area contributed by atoms with Crippen LogP contribution in [0.3, 0.4) is 0 Å². The summed E-state index contributed by atoms with van der Waals surface area (Å²) in [5.41, 5.74) is 5.47. The SMILES string of the molecule is CCC(F)COCc1ccccc1.CCCCc1[nH]c2ccccc2c1CC(C)C.CNCC(C)C(=O)c1cc(F)cc(F)c1. The molecule has 3 aromatic carbocycles. The molecule has 0 saturated carbocycles. The Labute approximate surface area is 267 Å². The lowest BCUT2D eigenvalue weighted by Gasteiger charge is -2.09. The van der Waals surface area contributed by atoms with Gasteiger partial charge in [-0.15, -0.1) is 0 Å². The van der Waals surface area contributed by atoms with Crippen LogP contribution >= 0.6 is 0 Å². The van der Waals surface area contributed by atoms with E-state index in [9.17, 15) is 18.0 Å². The Morgan fingerprint density at radius 3 is 2.18 bits per heavy atom. The maximum atomic E-state index is 12.8. The number of H-pyrrole nitrogens is 1. The van der Waals surface area contributed by atoms with E-state index in [-0.39, 0.29) is 23.9 Å². The van der Waals surface area contributed by atoms with Crippen LogP contribution in [0.15, 0.2) is 72.8 Å². The summed E-state index contributed by atoms with van der Waals surface area (Å²) in [6, 6.07) is 21.3. The number of ketones is 1. The fraction of sp³-hybridized carbons (Fsp3) is 0.447. The van der Waals surface area contributed by atoms with Gasteiger partial charge in [0.1, 0.15) is 17.8 Å². The molecule has 4 nitrogen and oxygen atoms in total. The van der Waals surface area contributed by atoms with E-state index >= 15 is 0 Å². The fourth-order valence-corrected chi connectivity index (χ4v) is 4.84. The van der Waals surface area contributed by atoms with E-state index in [1.54, 1.807) is 19.5 Å². The van der Waals surface area contributed by atoms with Crippen molar-refractivity contribution in [1.29, 1.82) is 0 Å². The number of unbranched alkanes of at least 4 members (excludes halogenated alkanes) is 1. The minimum Gasteiger partial charge on any atom is -0.374 e. The fourth-order valence-electron chi connectivity index (χ4n) is 4.84. The number of ether oxygens (including phenoxy) is 1. The summed E-state index contributed by atoms with van der Waals surface area (Å²) in [5.74, 6) is -1.29. The Morgan fingerprint density at radius 1 is 0.933 bits per heavy atom. The molecule has 0 spiro atoms. The number of carbonyl (C=O) groups is 1. The van der Waals surface area contributed by atoms with Crippen molar-refractivity contribution >= 4 is 16.7 Å². The van der Waals surface area contributed by atoms with Gasteiger partial charge in [-0.25, -0.2) is 13.2 Å². The van der Waals surface area contributed by atoms with E-state index in [0.717, 1.165) is 29.7 Å². The second-order valence-electron chi connectivity index (χ2n) is 11.8. The number of fused-ring (bicyclic) bond motifs is 1. The van der Waals surface area contributed by atoms with Crippen LogP contribution in [0.5, 0.6) is 0 Å². The van der Waals surface area contributed by atoms with E-state index in [1.807, 2.05) is 37.3 Å². The molecule has 0 fully saturated rings. The number of aryl methyl sites for hydroxylation is 1. The van der Waals surface area contributed by atoms with Gasteiger partial charge >= 0.3 is 0 Å². The highest BCUT2D eigenvalue weighted by Gasteiger charge is 2.16. The van der Waals surface area contributed by atoms with Gasteiger partial charge in [-0.05, 0) is 68.0 Å². The number of para-hydroxylation sites is 1. The maximum Gasteiger partial charge on any atom is 0.167 e. The van der Waals surface area contributed by atoms with Crippen LogP contribution in [0.2, 0.25) is 0 Å². The normalized spacial score (nSPS) is 12.2. The Bertz CT molecular complexity index is 1380. The number of halogens is 3. The van der Waals surface area contributed by atoms with Crippen molar-refractivity contribution in [3.05, 3.63) is 107 Å². The van der Waals surface area contributed by atoms with Crippen molar-refractivity contribution in [2.75, 3.05) is 20.2 Å². The van der Waals surface area contributed by atoms with Gasteiger partial charge in [-0.1, -0.05) is 89.6 Å². The van der Waals surface area contributed by atoms with Crippen molar-refractivity contribution < 1.29 is 22.7 Å². The largest absolute Gasteiger partial charge is 0.374 e. The average molecular weight is 625 g/mol. The molecule has 0 bridgehead atoms. The van der Waals surface area contributed by atoms with E-state index in [2.05, 4.69) is 55.3 Å². The number of aromatic nitrogens is 1. The molecular weight excluding hydrogens is 573 g/mol. The van der Waals surface area contributed by atoms with Gasteiger partial charge in [0.15, 0.2) is 5.78 Å². The quantitative estimate of drug-likeness (QED) is 0.137. The molecule has 1 aromatic heterocycles. The van der Waals surface area contributed by atoms with Crippen molar-refractivity contribution in [2.24, 2.45) is 11.8 Å². The summed E-state index contributed by atoms with van der Waals surface area (Å²) in [6.07, 6.45) is 4.60. The van der Waals surface area contributed by atoms with E-state index < -0.39 is 17.8 Å². The van der Waals surface area contributed by atoms with E-state index in [1.165, 1.54) is 42.3 Å². The molecule has 4 aromatic rings. The summed E-state index contributed by atoms with van der Waals surface area (Å²) in [4.78, 5) is 15.3. The van der Waals surface area contributed by atoms with Gasteiger partial charge in [-0.2, -0.15) is 0 Å². The zero-order valence-electron chi connectivity index (χ0n) is 27.8. The first kappa shape index (κ1) is 37.8. The highest BCUT2D eigenvalue weighted by atomic mass is 19.1. The lowest BCUT2D eigenvalue weighted by Crippen LogP contribution is -2.23. The van der Waals surface area contributed by atoms with Gasteiger partial charge in [0.2, 0.25) is 0 Å². The summed E-state index contributed by atoms with van der Waals surface area (Å²) in [7, 11) is 1.72. The van der Waals surface area contributed by atoms with Gasteiger partial charge < -0.3 is 15.0 Å². The monoisotopic (exact) mass is 624 g/mol. The molecule has 0 radical (unpaired) electrons. The predicted octanol–water partition coefficient (Wildman–Crippen LogP) is 9.66. The van der Waals surface area contributed by atoms with Crippen molar-refractivity contribution in [2.45, 2.75) is 79.5 Å². The van der Waals surface area contributed by atoms with Crippen LogP contribution in [-0.4, -0.2) is 37.1 Å². The van der Waals surface area contributed by atoms with Crippen molar-refractivity contribution in [3.63, 3.8) is 0 Å². The topological polar surface area (TPSA) is 54.1 Å². The first-order valence-electron chi connectivity index (χ1n) is 16.1. The lowest BCUT2D eigenvalue weighted by atomic mass is 9.98. The number of carbonyl (C=O) groups excluding carboxylic acids is 1. The third-order valence-electron chi connectivity index (χ3n) is 7.25. The van der Waals surface area contributed by atoms with Crippen LogP contribution in [0.1, 0.15) is 81.1 Å². The number of rotatable bonds is 14. The number of alkyl halides is 1. The predicted molar refractivity (Wildman–Crippen MR) is 181 cm³/mol. The molecule has 0 saturated heterocycles. The number of hydrogen-bond acceptors (Lipinski definition) is 3. The molecule has 0 aliphatic rings. The third kappa shape index (κ3) is 13.6. The smallest absolute Gasteiger partial charge is 0.167 e. The summed E-state index contributed by atoms with van der Waals surface area (Å²) in [6.45, 7) is 11.6. The molecule has 0 aliphatic carbocycles.